The summed E-state index contributed by atoms with van der Waals surface area (Å²) in [7, 11) is 0. The molecule has 0 unspecified atom stereocenters. The lowest BCUT2D eigenvalue weighted by atomic mass is 10.2. The first-order valence-electron chi connectivity index (χ1n) is 6.37. The number of halogens is 1. The van der Waals surface area contributed by atoms with Gasteiger partial charge in [-0.05, 0) is 6.07 Å². The highest BCUT2D eigenvalue weighted by molar-refractivity contribution is 5.94. The monoisotopic (exact) mass is 292 g/mol. The van der Waals surface area contributed by atoms with Crippen LogP contribution in [-0.4, -0.2) is 46.4 Å². The Labute approximate surface area is 119 Å². The second-order valence-electron chi connectivity index (χ2n) is 4.56. The molecule has 2 N–H and O–H groups in total. The Morgan fingerprint density at radius 1 is 1.48 bits per heavy atom. The zero-order chi connectivity index (χ0) is 14.7. The molecule has 2 aromatic rings. The smallest absolute Gasteiger partial charge is 0.254 e. The van der Waals surface area contributed by atoms with Crippen molar-refractivity contribution >= 4 is 5.91 Å². The molecule has 8 heteroatoms. The quantitative estimate of drug-likeness (QED) is 0.857. The minimum Gasteiger partial charge on any atom is -0.482 e. The van der Waals surface area contributed by atoms with Gasteiger partial charge < -0.3 is 14.8 Å². The molecule has 0 radical (unpaired) electrons. The number of ether oxygens (including phenoxy) is 2. The summed E-state index contributed by atoms with van der Waals surface area (Å²) in [6.45, 7) is 0.649. The van der Waals surface area contributed by atoms with Crippen LogP contribution in [-0.2, 0) is 4.74 Å². The van der Waals surface area contributed by atoms with Crippen LogP contribution >= 0.6 is 0 Å². The summed E-state index contributed by atoms with van der Waals surface area (Å²) in [5.74, 6) is -0.632. The summed E-state index contributed by atoms with van der Waals surface area (Å²) in [6, 6.07) is 0.965. The molecule has 1 saturated heterocycles. The van der Waals surface area contributed by atoms with Gasteiger partial charge in [0.1, 0.15) is 6.10 Å². The zero-order valence-corrected chi connectivity index (χ0v) is 11.0. The van der Waals surface area contributed by atoms with Crippen LogP contribution in [0, 0.1) is 5.82 Å². The van der Waals surface area contributed by atoms with Gasteiger partial charge in [0.05, 0.1) is 43.4 Å². The number of pyridine rings is 1. The molecule has 1 aliphatic heterocycles. The second kappa shape index (κ2) is 5.88. The number of hydrogen-bond acceptors (Lipinski definition) is 5. The molecular weight excluding hydrogens is 279 g/mol. The average molecular weight is 292 g/mol. The van der Waals surface area contributed by atoms with Crippen LogP contribution in [0.25, 0.3) is 0 Å². The number of H-pyrrole nitrogens is 1. The molecule has 21 heavy (non-hydrogen) atoms. The number of aromatic amines is 1. The molecule has 3 rings (SSSR count). The number of nitrogens with zero attached hydrogens (tertiary/aromatic N) is 2. The van der Waals surface area contributed by atoms with Crippen LogP contribution in [0.5, 0.6) is 5.75 Å². The van der Waals surface area contributed by atoms with Crippen LogP contribution in [0.2, 0.25) is 0 Å². The van der Waals surface area contributed by atoms with Gasteiger partial charge in [0, 0.05) is 6.20 Å². The van der Waals surface area contributed by atoms with E-state index in [-0.39, 0.29) is 17.7 Å². The normalized spacial score (nSPS) is 21.2. The van der Waals surface area contributed by atoms with E-state index in [0.29, 0.717) is 19.0 Å². The number of aromatic nitrogens is 3. The average Bonchev–Trinajstić information content (AvgIpc) is 3.12. The summed E-state index contributed by atoms with van der Waals surface area (Å²) in [4.78, 5) is 15.7. The van der Waals surface area contributed by atoms with E-state index in [0.717, 1.165) is 6.20 Å². The van der Waals surface area contributed by atoms with E-state index in [4.69, 9.17) is 9.47 Å². The van der Waals surface area contributed by atoms with Crippen molar-refractivity contribution in [2.45, 2.75) is 12.1 Å². The predicted molar refractivity (Wildman–Crippen MR) is 69.3 cm³/mol. The Morgan fingerprint density at radius 2 is 2.38 bits per heavy atom. The van der Waals surface area contributed by atoms with Gasteiger partial charge >= 0.3 is 0 Å². The Bertz CT molecular complexity index is 620. The lowest BCUT2D eigenvalue weighted by Crippen LogP contribution is -2.45. The molecule has 0 spiro atoms. The SMILES string of the molecule is O=C(N[C@H]1COC[C@H]1Oc1cn[nH]c1)c1ccncc1F. The maximum Gasteiger partial charge on any atom is 0.254 e. The fourth-order valence-corrected chi connectivity index (χ4v) is 2.07. The van der Waals surface area contributed by atoms with E-state index in [1.807, 2.05) is 0 Å². The summed E-state index contributed by atoms with van der Waals surface area (Å²) < 4.78 is 24.5. The second-order valence-corrected chi connectivity index (χ2v) is 4.56. The summed E-state index contributed by atoms with van der Waals surface area (Å²) in [6.07, 6.45) is 5.14. The molecule has 2 aromatic heterocycles. The minimum atomic E-state index is -0.666. The summed E-state index contributed by atoms with van der Waals surface area (Å²) in [5.41, 5.74) is -0.0565. The van der Waals surface area contributed by atoms with Crippen molar-refractivity contribution in [3.05, 3.63) is 42.2 Å². The molecular formula is C13H13FN4O3. The lowest BCUT2D eigenvalue weighted by molar-refractivity contribution is 0.0900. The predicted octanol–water partition coefficient (Wildman–Crippen LogP) is 0.520. The first kappa shape index (κ1) is 13.5. The third-order valence-electron chi connectivity index (χ3n) is 3.12. The van der Waals surface area contributed by atoms with Crippen molar-refractivity contribution in [2.24, 2.45) is 0 Å². The lowest BCUT2D eigenvalue weighted by Gasteiger charge is -2.19. The van der Waals surface area contributed by atoms with Gasteiger partial charge in [-0.3, -0.25) is 14.9 Å². The van der Waals surface area contributed by atoms with Crippen molar-refractivity contribution in [2.75, 3.05) is 13.2 Å². The van der Waals surface area contributed by atoms with Gasteiger partial charge in [-0.15, -0.1) is 0 Å². The Morgan fingerprint density at radius 3 is 3.14 bits per heavy atom. The van der Waals surface area contributed by atoms with Crippen LogP contribution in [0.1, 0.15) is 10.4 Å². The van der Waals surface area contributed by atoms with E-state index in [2.05, 4.69) is 20.5 Å². The van der Waals surface area contributed by atoms with Crippen LogP contribution in [0.15, 0.2) is 30.9 Å². The molecule has 0 aromatic carbocycles. The first-order chi connectivity index (χ1) is 10.2. The molecule has 3 heterocycles. The highest BCUT2D eigenvalue weighted by Gasteiger charge is 2.32. The van der Waals surface area contributed by atoms with Crippen LogP contribution in [0.4, 0.5) is 4.39 Å². The topological polar surface area (TPSA) is 89.1 Å². The van der Waals surface area contributed by atoms with E-state index in [1.165, 1.54) is 18.5 Å². The van der Waals surface area contributed by atoms with Crippen molar-refractivity contribution in [1.82, 2.24) is 20.5 Å². The maximum atomic E-state index is 13.5. The molecule has 1 amide bonds. The number of hydrogen-bond donors (Lipinski definition) is 2. The fraction of sp³-hybridized carbons (Fsp3) is 0.308. The van der Waals surface area contributed by atoms with Gasteiger partial charge in [0.2, 0.25) is 0 Å². The van der Waals surface area contributed by atoms with Crippen molar-refractivity contribution in [3.8, 4) is 5.75 Å². The molecule has 1 fully saturated rings. The molecule has 1 aliphatic rings. The van der Waals surface area contributed by atoms with Gasteiger partial charge in [0.25, 0.3) is 5.91 Å². The minimum absolute atomic E-state index is 0.0565. The van der Waals surface area contributed by atoms with Crippen molar-refractivity contribution in [3.63, 3.8) is 0 Å². The van der Waals surface area contributed by atoms with E-state index >= 15 is 0 Å². The van der Waals surface area contributed by atoms with E-state index < -0.39 is 11.7 Å². The fourth-order valence-electron chi connectivity index (χ4n) is 2.07. The Hall–Kier alpha value is -2.48. The Balaban J connectivity index is 1.66. The van der Waals surface area contributed by atoms with Gasteiger partial charge in [0.15, 0.2) is 11.6 Å². The zero-order valence-electron chi connectivity index (χ0n) is 11.0. The molecule has 2 atom stereocenters. The van der Waals surface area contributed by atoms with Gasteiger partial charge in [-0.2, -0.15) is 5.10 Å². The third kappa shape index (κ3) is 3.00. The van der Waals surface area contributed by atoms with E-state index in [9.17, 15) is 9.18 Å². The molecule has 0 bridgehead atoms. The maximum absolute atomic E-state index is 13.5. The van der Waals surface area contributed by atoms with Crippen LogP contribution < -0.4 is 10.1 Å². The number of carbonyl (C=O) groups excluding carboxylic acids is 1. The third-order valence-corrected chi connectivity index (χ3v) is 3.12. The number of rotatable bonds is 4. The molecule has 0 saturated carbocycles. The first-order valence-corrected chi connectivity index (χ1v) is 6.37. The van der Waals surface area contributed by atoms with Gasteiger partial charge in [-0.25, -0.2) is 4.39 Å². The Kier molecular flexibility index (Phi) is 3.78. The largest absolute Gasteiger partial charge is 0.482 e. The molecule has 110 valence electrons. The highest BCUT2D eigenvalue weighted by Crippen LogP contribution is 2.16. The molecule has 7 nitrogen and oxygen atoms in total. The van der Waals surface area contributed by atoms with Crippen LogP contribution in [0.3, 0.4) is 0 Å². The van der Waals surface area contributed by atoms with Gasteiger partial charge in [-0.1, -0.05) is 0 Å². The van der Waals surface area contributed by atoms with E-state index in [1.54, 1.807) is 6.20 Å². The number of amides is 1. The summed E-state index contributed by atoms with van der Waals surface area (Å²) in [5, 5.41) is 9.12. The van der Waals surface area contributed by atoms with Crippen molar-refractivity contribution in [1.29, 1.82) is 0 Å². The standard InChI is InChI=1S/C13H13FN4O3/c14-10-5-15-2-1-9(10)13(19)18-11-6-20-7-12(11)21-8-3-16-17-4-8/h1-5,11-12H,6-7H2,(H,16,17)(H,18,19)/t11-,12+/m0/s1. The number of carbonyl (C=O) groups is 1. The summed E-state index contributed by atoms with van der Waals surface area (Å²) >= 11 is 0. The molecule has 0 aliphatic carbocycles. The highest BCUT2D eigenvalue weighted by atomic mass is 19.1. The van der Waals surface area contributed by atoms with Crippen molar-refractivity contribution < 1.29 is 18.7 Å². The number of nitrogens with one attached hydrogen (secondary N) is 2.